The first kappa shape index (κ1) is 19.9. The van der Waals surface area contributed by atoms with Crippen molar-refractivity contribution in [1.29, 1.82) is 0 Å². The molecule has 0 saturated carbocycles. The van der Waals surface area contributed by atoms with Crippen molar-refractivity contribution in [3.63, 3.8) is 0 Å². The Morgan fingerprint density at radius 3 is 2.69 bits per heavy atom. The minimum Gasteiger partial charge on any atom is -0.489 e. The molecule has 1 heterocycles. The first-order valence-corrected chi connectivity index (χ1v) is 11.3. The lowest BCUT2D eigenvalue weighted by atomic mass is 10.1. The highest BCUT2D eigenvalue weighted by Crippen LogP contribution is 2.42. The zero-order valence-corrected chi connectivity index (χ0v) is 18.2. The van der Waals surface area contributed by atoms with Crippen molar-refractivity contribution in [2.45, 2.75) is 12.0 Å². The Balaban J connectivity index is 1.50. The average Bonchev–Trinajstić information content (AvgIpc) is 3.23. The molecule has 1 unspecified atom stereocenters. The third kappa shape index (κ3) is 4.95. The fourth-order valence-corrected chi connectivity index (χ4v) is 4.93. The van der Waals surface area contributed by atoms with Gasteiger partial charge >= 0.3 is 6.03 Å². The molecule has 0 aliphatic carbocycles. The van der Waals surface area contributed by atoms with Crippen LogP contribution < -0.4 is 10.1 Å². The fourth-order valence-electron chi connectivity index (χ4n) is 3.25. The Morgan fingerprint density at radius 2 is 1.86 bits per heavy atom. The number of para-hydroxylation sites is 1. The molecule has 1 atom stereocenters. The molecule has 4 rings (SSSR count). The van der Waals surface area contributed by atoms with E-state index in [4.69, 9.17) is 4.74 Å². The Morgan fingerprint density at radius 1 is 1.07 bits per heavy atom. The molecule has 1 aliphatic heterocycles. The number of carbonyl (C=O) groups is 1. The Bertz CT molecular complexity index is 983. The van der Waals surface area contributed by atoms with Crippen molar-refractivity contribution in [2.24, 2.45) is 0 Å². The third-order valence-corrected chi connectivity index (χ3v) is 6.39. The number of anilines is 1. The molecule has 6 heteroatoms. The number of rotatable bonds is 5. The van der Waals surface area contributed by atoms with Gasteiger partial charge in [-0.1, -0.05) is 70.5 Å². The molecule has 3 aromatic rings. The van der Waals surface area contributed by atoms with Gasteiger partial charge in [0.1, 0.15) is 17.7 Å². The minimum atomic E-state index is -0.101. The molecule has 148 valence electrons. The summed E-state index contributed by atoms with van der Waals surface area (Å²) >= 11 is 5.20. The number of urea groups is 1. The monoisotopic (exact) mass is 468 g/mol. The molecule has 1 fully saturated rings. The summed E-state index contributed by atoms with van der Waals surface area (Å²) in [4.78, 5) is 14.8. The SMILES string of the molecule is O=C(Nc1cccc(Br)c1)N1CCSC1c1ccccc1OCc1ccccc1. The van der Waals surface area contributed by atoms with E-state index in [1.165, 1.54) is 0 Å². The van der Waals surface area contributed by atoms with E-state index < -0.39 is 0 Å². The van der Waals surface area contributed by atoms with Crippen LogP contribution in [-0.2, 0) is 6.61 Å². The van der Waals surface area contributed by atoms with E-state index in [0.717, 1.165) is 32.8 Å². The molecule has 1 aliphatic rings. The van der Waals surface area contributed by atoms with Gasteiger partial charge in [-0.05, 0) is 29.8 Å². The van der Waals surface area contributed by atoms with Gasteiger partial charge in [0.15, 0.2) is 0 Å². The predicted molar refractivity (Wildman–Crippen MR) is 122 cm³/mol. The number of nitrogens with zero attached hydrogens (tertiary/aromatic N) is 1. The van der Waals surface area contributed by atoms with Gasteiger partial charge in [0.2, 0.25) is 0 Å². The van der Waals surface area contributed by atoms with Crippen molar-refractivity contribution in [3.8, 4) is 5.75 Å². The van der Waals surface area contributed by atoms with Gasteiger partial charge in [0.25, 0.3) is 0 Å². The number of nitrogens with one attached hydrogen (secondary N) is 1. The summed E-state index contributed by atoms with van der Waals surface area (Å²) in [5.41, 5.74) is 2.91. The van der Waals surface area contributed by atoms with Crippen LogP contribution in [0.3, 0.4) is 0 Å². The van der Waals surface area contributed by atoms with Crippen LogP contribution in [-0.4, -0.2) is 23.2 Å². The molecule has 0 bridgehead atoms. The average molecular weight is 469 g/mol. The standard InChI is InChI=1S/C23H21BrN2O2S/c24-18-9-6-10-19(15-18)25-23(27)26-13-14-29-22(26)20-11-4-5-12-21(20)28-16-17-7-2-1-3-8-17/h1-12,15,22H,13-14,16H2,(H,25,27). The zero-order chi connectivity index (χ0) is 20.1. The maximum atomic E-state index is 12.9. The second-order valence-corrected chi connectivity index (χ2v) is 8.77. The van der Waals surface area contributed by atoms with Crippen molar-refractivity contribution in [2.75, 3.05) is 17.6 Å². The lowest BCUT2D eigenvalue weighted by Crippen LogP contribution is -2.34. The number of amides is 2. The summed E-state index contributed by atoms with van der Waals surface area (Å²) in [5, 5.41) is 2.93. The largest absolute Gasteiger partial charge is 0.489 e. The molecule has 1 saturated heterocycles. The molecule has 2 amide bonds. The molecule has 3 aromatic carbocycles. The zero-order valence-electron chi connectivity index (χ0n) is 15.8. The van der Waals surface area contributed by atoms with Gasteiger partial charge in [0, 0.05) is 28.0 Å². The summed E-state index contributed by atoms with van der Waals surface area (Å²) in [6.45, 7) is 1.20. The summed E-state index contributed by atoms with van der Waals surface area (Å²) < 4.78 is 7.05. The number of thioether (sulfide) groups is 1. The summed E-state index contributed by atoms with van der Waals surface area (Å²) in [5.74, 6) is 1.71. The molecule has 29 heavy (non-hydrogen) atoms. The van der Waals surface area contributed by atoms with Crippen LogP contribution in [0.15, 0.2) is 83.3 Å². The van der Waals surface area contributed by atoms with Gasteiger partial charge in [-0.3, -0.25) is 0 Å². The number of ether oxygens (including phenoxy) is 1. The van der Waals surface area contributed by atoms with E-state index in [9.17, 15) is 4.79 Å². The molecule has 0 spiro atoms. The topological polar surface area (TPSA) is 41.6 Å². The van der Waals surface area contributed by atoms with E-state index in [1.807, 2.05) is 83.8 Å². The van der Waals surface area contributed by atoms with E-state index in [0.29, 0.717) is 13.2 Å². The summed E-state index contributed by atoms with van der Waals surface area (Å²) in [6, 6.07) is 25.6. The highest BCUT2D eigenvalue weighted by Gasteiger charge is 2.32. The van der Waals surface area contributed by atoms with Gasteiger partial charge in [-0.15, -0.1) is 11.8 Å². The van der Waals surface area contributed by atoms with Gasteiger partial charge in [-0.25, -0.2) is 4.79 Å². The van der Waals surface area contributed by atoms with Crippen LogP contribution in [0.25, 0.3) is 0 Å². The number of hydrogen-bond donors (Lipinski definition) is 1. The molecule has 4 nitrogen and oxygen atoms in total. The van der Waals surface area contributed by atoms with Crippen molar-refractivity contribution in [3.05, 3.63) is 94.5 Å². The maximum absolute atomic E-state index is 12.9. The Labute approximate surface area is 183 Å². The third-order valence-electron chi connectivity index (χ3n) is 4.65. The van der Waals surface area contributed by atoms with Crippen LogP contribution in [0.4, 0.5) is 10.5 Å². The first-order chi connectivity index (χ1) is 14.2. The highest BCUT2D eigenvalue weighted by atomic mass is 79.9. The van der Waals surface area contributed by atoms with E-state index in [2.05, 4.69) is 21.2 Å². The van der Waals surface area contributed by atoms with Crippen LogP contribution >= 0.6 is 27.7 Å². The Kier molecular flexibility index (Phi) is 6.42. The van der Waals surface area contributed by atoms with Gasteiger partial charge in [-0.2, -0.15) is 0 Å². The second kappa shape index (κ2) is 9.37. The maximum Gasteiger partial charge on any atom is 0.323 e. The first-order valence-electron chi connectivity index (χ1n) is 9.41. The second-order valence-electron chi connectivity index (χ2n) is 6.67. The lowest BCUT2D eigenvalue weighted by molar-refractivity contribution is 0.213. The molecular weight excluding hydrogens is 448 g/mol. The Hall–Kier alpha value is -2.44. The predicted octanol–water partition coefficient (Wildman–Crippen LogP) is 6.31. The lowest BCUT2D eigenvalue weighted by Gasteiger charge is -2.26. The minimum absolute atomic E-state index is 0.0749. The van der Waals surface area contributed by atoms with E-state index in [-0.39, 0.29) is 11.4 Å². The van der Waals surface area contributed by atoms with Crippen molar-refractivity contribution < 1.29 is 9.53 Å². The van der Waals surface area contributed by atoms with Gasteiger partial charge in [0.05, 0.1) is 0 Å². The number of carbonyl (C=O) groups excluding carboxylic acids is 1. The molecular formula is C23H21BrN2O2S. The number of hydrogen-bond acceptors (Lipinski definition) is 3. The van der Waals surface area contributed by atoms with E-state index >= 15 is 0 Å². The molecule has 0 aromatic heterocycles. The van der Waals surface area contributed by atoms with Crippen LogP contribution in [0, 0.1) is 0 Å². The van der Waals surface area contributed by atoms with Gasteiger partial charge < -0.3 is 15.0 Å². The highest BCUT2D eigenvalue weighted by molar-refractivity contribution is 9.10. The summed E-state index contributed by atoms with van der Waals surface area (Å²) in [7, 11) is 0. The summed E-state index contributed by atoms with van der Waals surface area (Å²) in [6.07, 6.45) is 0. The number of benzene rings is 3. The van der Waals surface area contributed by atoms with E-state index in [1.54, 1.807) is 11.8 Å². The quantitative estimate of drug-likeness (QED) is 0.476. The fraction of sp³-hybridized carbons (Fsp3) is 0.174. The number of halogens is 1. The van der Waals surface area contributed by atoms with Crippen LogP contribution in [0.2, 0.25) is 0 Å². The molecule has 1 N–H and O–H groups in total. The molecule has 0 radical (unpaired) electrons. The van der Waals surface area contributed by atoms with Crippen LogP contribution in [0.5, 0.6) is 5.75 Å². The van der Waals surface area contributed by atoms with Crippen molar-refractivity contribution >= 4 is 39.4 Å². The smallest absolute Gasteiger partial charge is 0.323 e. The van der Waals surface area contributed by atoms with Crippen molar-refractivity contribution in [1.82, 2.24) is 4.90 Å². The normalized spacial score (nSPS) is 15.9. The van der Waals surface area contributed by atoms with Crippen LogP contribution in [0.1, 0.15) is 16.5 Å².